The van der Waals surface area contributed by atoms with Gasteiger partial charge in [0.2, 0.25) is 0 Å². The number of carbonyl (C=O) groups excluding carboxylic acids is 1. The minimum absolute atomic E-state index is 0.193. The molecule has 3 heteroatoms. The molecule has 0 aliphatic rings. The summed E-state index contributed by atoms with van der Waals surface area (Å²) in [5.74, 6) is 0. The summed E-state index contributed by atoms with van der Waals surface area (Å²) in [6.07, 6.45) is 7.57. The second kappa shape index (κ2) is 11.0. The number of hydrogen-bond donors (Lipinski definition) is 0. The van der Waals surface area contributed by atoms with Crippen molar-refractivity contribution in [3.05, 3.63) is 48.0 Å². The highest BCUT2D eigenvalue weighted by atomic mass is 16.7. The van der Waals surface area contributed by atoms with Crippen molar-refractivity contribution in [2.24, 2.45) is 0 Å². The molecule has 1 aromatic rings. The van der Waals surface area contributed by atoms with Crippen LogP contribution in [0.15, 0.2) is 36.9 Å². The molecule has 0 bridgehead atoms. The Labute approximate surface area is 128 Å². The van der Waals surface area contributed by atoms with Crippen molar-refractivity contribution in [3.8, 4) is 0 Å². The topological polar surface area (TPSA) is 35.5 Å². The van der Waals surface area contributed by atoms with Gasteiger partial charge in [0.15, 0.2) is 0 Å². The number of aryl methyl sites for hydroxylation is 2. The lowest BCUT2D eigenvalue weighted by Gasteiger charge is -2.06. The van der Waals surface area contributed by atoms with Crippen LogP contribution in [0.4, 0.5) is 4.79 Å². The Balaban J connectivity index is 2.17. The second-order valence-electron chi connectivity index (χ2n) is 5.08. The largest absolute Gasteiger partial charge is 0.508 e. The van der Waals surface area contributed by atoms with Crippen LogP contribution < -0.4 is 0 Å². The van der Waals surface area contributed by atoms with E-state index in [0.29, 0.717) is 6.61 Å². The van der Waals surface area contributed by atoms with Gasteiger partial charge in [-0.15, -0.1) is 0 Å². The van der Waals surface area contributed by atoms with Gasteiger partial charge in [0.25, 0.3) is 0 Å². The SMILES string of the molecule is C=CCOC(=O)OCCCc1ccc(CCCCC)cc1. The van der Waals surface area contributed by atoms with Crippen LogP contribution in [0.2, 0.25) is 0 Å². The molecule has 0 aliphatic carbocycles. The molecule has 1 rings (SSSR count). The number of hydrogen-bond acceptors (Lipinski definition) is 3. The lowest BCUT2D eigenvalue weighted by molar-refractivity contribution is 0.0625. The highest BCUT2D eigenvalue weighted by Gasteiger charge is 2.02. The van der Waals surface area contributed by atoms with E-state index in [1.807, 2.05) is 0 Å². The van der Waals surface area contributed by atoms with Crippen LogP contribution in [0.3, 0.4) is 0 Å². The zero-order chi connectivity index (χ0) is 15.3. The molecule has 0 saturated carbocycles. The molecule has 0 fully saturated rings. The summed E-state index contributed by atoms with van der Waals surface area (Å²) in [6.45, 7) is 6.26. The van der Waals surface area contributed by atoms with Crippen molar-refractivity contribution < 1.29 is 14.3 Å². The Morgan fingerprint density at radius 2 is 1.67 bits per heavy atom. The smallest absolute Gasteiger partial charge is 0.434 e. The van der Waals surface area contributed by atoms with Crippen LogP contribution in [-0.2, 0) is 22.3 Å². The van der Waals surface area contributed by atoms with Gasteiger partial charge < -0.3 is 9.47 Å². The van der Waals surface area contributed by atoms with Crippen LogP contribution in [0.5, 0.6) is 0 Å². The first-order valence-corrected chi connectivity index (χ1v) is 7.74. The van der Waals surface area contributed by atoms with Gasteiger partial charge in [-0.2, -0.15) is 0 Å². The maximum Gasteiger partial charge on any atom is 0.508 e. The van der Waals surface area contributed by atoms with Crippen LogP contribution in [0, 0.1) is 0 Å². The molecule has 0 atom stereocenters. The fourth-order valence-corrected chi connectivity index (χ4v) is 2.05. The van der Waals surface area contributed by atoms with Gasteiger partial charge in [-0.25, -0.2) is 4.79 Å². The van der Waals surface area contributed by atoms with E-state index in [0.717, 1.165) is 19.3 Å². The Bertz CT molecular complexity index is 409. The van der Waals surface area contributed by atoms with Gasteiger partial charge in [-0.3, -0.25) is 0 Å². The summed E-state index contributed by atoms with van der Waals surface area (Å²) in [4.78, 5) is 11.1. The van der Waals surface area contributed by atoms with Gasteiger partial charge in [0.1, 0.15) is 6.61 Å². The highest BCUT2D eigenvalue weighted by molar-refractivity contribution is 5.59. The minimum atomic E-state index is -0.624. The molecule has 3 nitrogen and oxygen atoms in total. The standard InChI is InChI=1S/C18H26O3/c1-3-5-6-8-16-10-12-17(13-11-16)9-7-15-21-18(19)20-14-4-2/h4,10-13H,2-3,5-9,14-15H2,1H3. The first kappa shape index (κ1) is 17.3. The van der Waals surface area contributed by atoms with Crippen molar-refractivity contribution in [2.75, 3.05) is 13.2 Å². The Hall–Kier alpha value is -1.77. The lowest BCUT2D eigenvalue weighted by Crippen LogP contribution is -2.08. The number of carbonyl (C=O) groups is 1. The average molecular weight is 290 g/mol. The first-order valence-electron chi connectivity index (χ1n) is 7.74. The molecule has 0 saturated heterocycles. The molecule has 0 heterocycles. The normalized spacial score (nSPS) is 10.1. The number of benzene rings is 1. The molecule has 0 unspecified atom stereocenters. The molecule has 21 heavy (non-hydrogen) atoms. The minimum Gasteiger partial charge on any atom is -0.434 e. The van der Waals surface area contributed by atoms with E-state index in [1.54, 1.807) is 0 Å². The molecular formula is C18H26O3. The van der Waals surface area contributed by atoms with E-state index in [1.165, 1.54) is 36.5 Å². The van der Waals surface area contributed by atoms with Crippen LogP contribution in [0.1, 0.15) is 43.7 Å². The summed E-state index contributed by atoms with van der Waals surface area (Å²) in [7, 11) is 0. The monoisotopic (exact) mass is 290 g/mol. The van der Waals surface area contributed by atoms with Gasteiger partial charge in [0.05, 0.1) is 6.61 Å². The van der Waals surface area contributed by atoms with Crippen molar-refractivity contribution in [3.63, 3.8) is 0 Å². The Morgan fingerprint density at radius 1 is 1.05 bits per heavy atom. The summed E-state index contributed by atoms with van der Waals surface area (Å²) in [5.41, 5.74) is 2.67. The molecule has 0 aromatic heterocycles. The zero-order valence-electron chi connectivity index (χ0n) is 13.0. The molecule has 116 valence electrons. The molecule has 0 amide bonds. The van der Waals surface area contributed by atoms with E-state index >= 15 is 0 Å². The van der Waals surface area contributed by atoms with Gasteiger partial charge in [-0.1, -0.05) is 56.7 Å². The van der Waals surface area contributed by atoms with E-state index in [2.05, 4.69) is 37.8 Å². The lowest BCUT2D eigenvalue weighted by atomic mass is 10.0. The van der Waals surface area contributed by atoms with Crippen molar-refractivity contribution >= 4 is 6.16 Å². The zero-order valence-corrected chi connectivity index (χ0v) is 13.0. The van der Waals surface area contributed by atoms with Gasteiger partial charge >= 0.3 is 6.16 Å². The predicted molar refractivity (Wildman–Crippen MR) is 85.5 cm³/mol. The first-order chi connectivity index (χ1) is 10.3. The average Bonchev–Trinajstić information content (AvgIpc) is 2.51. The third-order valence-electron chi connectivity index (χ3n) is 3.24. The Kier molecular flexibility index (Phi) is 9.01. The third-order valence-corrected chi connectivity index (χ3v) is 3.24. The molecule has 0 aliphatic heterocycles. The van der Waals surface area contributed by atoms with Crippen molar-refractivity contribution in [1.82, 2.24) is 0 Å². The fourth-order valence-electron chi connectivity index (χ4n) is 2.05. The third kappa shape index (κ3) is 8.18. The number of unbranched alkanes of at least 4 members (excludes halogenated alkanes) is 2. The quantitative estimate of drug-likeness (QED) is 0.356. The van der Waals surface area contributed by atoms with Crippen molar-refractivity contribution in [1.29, 1.82) is 0 Å². The molecule has 0 spiro atoms. The fraction of sp³-hybridized carbons (Fsp3) is 0.500. The number of rotatable bonds is 10. The molecule has 1 aromatic carbocycles. The maximum atomic E-state index is 11.1. The highest BCUT2D eigenvalue weighted by Crippen LogP contribution is 2.10. The Morgan fingerprint density at radius 3 is 2.24 bits per heavy atom. The van der Waals surface area contributed by atoms with Gasteiger partial charge in [-0.05, 0) is 36.8 Å². The van der Waals surface area contributed by atoms with E-state index in [9.17, 15) is 4.79 Å². The maximum absolute atomic E-state index is 11.1. The molecular weight excluding hydrogens is 264 g/mol. The summed E-state index contributed by atoms with van der Waals surface area (Å²) < 4.78 is 9.67. The van der Waals surface area contributed by atoms with Crippen LogP contribution in [-0.4, -0.2) is 19.4 Å². The van der Waals surface area contributed by atoms with E-state index < -0.39 is 6.16 Å². The summed E-state index contributed by atoms with van der Waals surface area (Å²) in [5, 5.41) is 0. The van der Waals surface area contributed by atoms with Crippen LogP contribution >= 0.6 is 0 Å². The van der Waals surface area contributed by atoms with E-state index in [-0.39, 0.29) is 6.61 Å². The molecule has 0 N–H and O–H groups in total. The second-order valence-corrected chi connectivity index (χ2v) is 5.08. The molecule has 0 radical (unpaired) electrons. The van der Waals surface area contributed by atoms with Crippen molar-refractivity contribution in [2.45, 2.75) is 45.4 Å². The van der Waals surface area contributed by atoms with E-state index in [4.69, 9.17) is 9.47 Å². The summed E-state index contributed by atoms with van der Waals surface area (Å²) in [6, 6.07) is 8.73. The number of ether oxygens (including phenoxy) is 2. The van der Waals surface area contributed by atoms with Gasteiger partial charge in [0, 0.05) is 0 Å². The summed E-state index contributed by atoms with van der Waals surface area (Å²) >= 11 is 0. The van der Waals surface area contributed by atoms with Crippen LogP contribution in [0.25, 0.3) is 0 Å². The predicted octanol–water partition coefficient (Wildman–Crippen LogP) is 4.69.